The highest BCUT2D eigenvalue weighted by Gasteiger charge is 2.17. The topological polar surface area (TPSA) is 121 Å². The largest absolute Gasteiger partial charge is 0.481 e. The van der Waals surface area contributed by atoms with Crippen molar-refractivity contribution >= 4 is 16.0 Å². The average Bonchev–Trinajstić information content (AvgIpc) is 2.97. The number of aromatic amines is 1. The van der Waals surface area contributed by atoms with E-state index in [2.05, 4.69) is 14.7 Å². The van der Waals surface area contributed by atoms with Gasteiger partial charge in [-0.2, -0.15) is 0 Å². The molecule has 0 fully saturated rings. The van der Waals surface area contributed by atoms with Crippen LogP contribution in [-0.4, -0.2) is 36.6 Å². The minimum absolute atomic E-state index is 0.0346. The summed E-state index contributed by atoms with van der Waals surface area (Å²) in [5.41, 5.74) is 0.454. The number of hydrogen-bond donors (Lipinski definition) is 3. The first-order valence-electron chi connectivity index (χ1n) is 5.82. The van der Waals surface area contributed by atoms with Crippen molar-refractivity contribution in [3.8, 4) is 5.88 Å². The molecular weight excluding hydrogens is 298 g/mol. The number of nitrogens with zero attached hydrogens (tertiary/aromatic N) is 1. The van der Waals surface area contributed by atoms with E-state index in [1.165, 1.54) is 13.3 Å². The molecule has 0 aliphatic heterocycles. The molecule has 0 amide bonds. The number of carbonyl (C=O) groups is 1. The second kappa shape index (κ2) is 5.94. The Morgan fingerprint density at radius 1 is 1.48 bits per heavy atom. The molecule has 0 saturated heterocycles. The van der Waals surface area contributed by atoms with Gasteiger partial charge in [0.25, 0.3) is 0 Å². The van der Waals surface area contributed by atoms with Crippen molar-refractivity contribution in [1.82, 2.24) is 14.7 Å². The molecule has 0 unspecified atom stereocenters. The number of methoxy groups -OCH3 is 1. The van der Waals surface area contributed by atoms with Crippen LogP contribution < -0.4 is 9.46 Å². The van der Waals surface area contributed by atoms with Crippen molar-refractivity contribution in [3.63, 3.8) is 0 Å². The Morgan fingerprint density at radius 2 is 2.24 bits per heavy atom. The number of carboxylic acids is 1. The van der Waals surface area contributed by atoms with Crippen molar-refractivity contribution in [2.45, 2.75) is 11.4 Å². The first-order valence-corrected chi connectivity index (χ1v) is 7.31. The van der Waals surface area contributed by atoms with E-state index in [9.17, 15) is 13.2 Å². The van der Waals surface area contributed by atoms with Crippen LogP contribution in [0.5, 0.6) is 5.88 Å². The third kappa shape index (κ3) is 3.58. The summed E-state index contributed by atoms with van der Waals surface area (Å²) in [5.74, 6) is -0.797. The molecule has 0 saturated carbocycles. The number of carboxylic acid groups (broad SMARTS) is 1. The molecule has 3 N–H and O–H groups in total. The lowest BCUT2D eigenvalue weighted by Crippen LogP contribution is -2.22. The van der Waals surface area contributed by atoms with Crippen LogP contribution in [0.15, 0.2) is 35.5 Å². The number of pyridine rings is 1. The summed E-state index contributed by atoms with van der Waals surface area (Å²) >= 11 is 0. The Hall–Kier alpha value is -2.39. The van der Waals surface area contributed by atoms with Crippen molar-refractivity contribution in [2.75, 3.05) is 7.11 Å². The maximum Gasteiger partial charge on any atom is 0.352 e. The average molecular weight is 311 g/mol. The number of aromatic carboxylic acids is 1. The molecule has 21 heavy (non-hydrogen) atoms. The summed E-state index contributed by atoms with van der Waals surface area (Å²) in [6.07, 6.45) is 2.61. The van der Waals surface area contributed by atoms with E-state index in [4.69, 9.17) is 9.84 Å². The zero-order valence-corrected chi connectivity index (χ0v) is 11.8. The van der Waals surface area contributed by atoms with E-state index in [1.807, 2.05) is 0 Å². The molecule has 0 aliphatic rings. The second-order valence-corrected chi connectivity index (χ2v) is 5.85. The molecule has 0 spiro atoms. The number of ether oxygens (including phenoxy) is 1. The number of H-pyrrole nitrogens is 1. The van der Waals surface area contributed by atoms with Gasteiger partial charge in [-0.05, 0) is 11.6 Å². The molecule has 112 valence electrons. The standard InChI is InChI=1S/C12H13N3O5S/c1-20-11-3-2-8(5-14-11)6-15-21(18,19)9-4-10(12(16)17)13-7-9/h2-5,7,13,15H,6H2,1H3,(H,16,17). The third-order valence-electron chi connectivity index (χ3n) is 2.67. The van der Waals surface area contributed by atoms with Gasteiger partial charge in [0.1, 0.15) is 10.6 Å². The van der Waals surface area contributed by atoms with Gasteiger partial charge < -0.3 is 14.8 Å². The van der Waals surface area contributed by atoms with Crippen LogP contribution in [0.1, 0.15) is 16.1 Å². The van der Waals surface area contributed by atoms with E-state index < -0.39 is 16.0 Å². The van der Waals surface area contributed by atoms with Gasteiger partial charge in [-0.25, -0.2) is 22.9 Å². The van der Waals surface area contributed by atoms with Crippen molar-refractivity contribution in [2.24, 2.45) is 0 Å². The van der Waals surface area contributed by atoms with Gasteiger partial charge in [-0.3, -0.25) is 0 Å². The summed E-state index contributed by atoms with van der Waals surface area (Å²) in [6.45, 7) is 0.0346. The quantitative estimate of drug-likeness (QED) is 0.718. The molecule has 0 radical (unpaired) electrons. The molecule has 2 rings (SSSR count). The van der Waals surface area contributed by atoms with Gasteiger partial charge in [0.15, 0.2) is 0 Å². The Morgan fingerprint density at radius 3 is 2.76 bits per heavy atom. The SMILES string of the molecule is COc1ccc(CNS(=O)(=O)c2c[nH]c(C(=O)O)c2)cn1. The Bertz CT molecular complexity index is 737. The number of sulfonamides is 1. The van der Waals surface area contributed by atoms with E-state index in [1.54, 1.807) is 12.1 Å². The summed E-state index contributed by atoms with van der Waals surface area (Å²) < 4.78 is 31.3. The molecule has 2 heterocycles. The lowest BCUT2D eigenvalue weighted by molar-refractivity contribution is 0.0691. The fourth-order valence-electron chi connectivity index (χ4n) is 1.55. The highest BCUT2D eigenvalue weighted by atomic mass is 32.2. The Kier molecular flexibility index (Phi) is 4.24. The molecule has 2 aromatic heterocycles. The lowest BCUT2D eigenvalue weighted by Gasteiger charge is -2.05. The van der Waals surface area contributed by atoms with E-state index in [0.717, 1.165) is 12.3 Å². The fraction of sp³-hybridized carbons (Fsp3) is 0.167. The molecule has 2 aromatic rings. The molecule has 0 atom stereocenters. The van der Waals surface area contributed by atoms with Crippen molar-refractivity contribution < 1.29 is 23.1 Å². The molecule has 0 aliphatic carbocycles. The number of aromatic nitrogens is 2. The monoisotopic (exact) mass is 311 g/mol. The number of hydrogen-bond acceptors (Lipinski definition) is 5. The summed E-state index contributed by atoms with van der Waals surface area (Å²) in [5, 5.41) is 8.75. The predicted octanol–water partition coefficient (Wildman–Crippen LogP) is 0.595. The Labute approximate surface area is 120 Å². The highest BCUT2D eigenvalue weighted by Crippen LogP contribution is 2.12. The molecule has 0 bridgehead atoms. The first kappa shape index (κ1) is 15.0. The molecular formula is C12H13N3O5S. The number of nitrogens with one attached hydrogen (secondary N) is 2. The van der Waals surface area contributed by atoms with Gasteiger partial charge >= 0.3 is 5.97 Å². The molecule has 9 heteroatoms. The normalized spacial score (nSPS) is 11.3. The van der Waals surface area contributed by atoms with Gasteiger partial charge in [0.05, 0.1) is 7.11 Å². The third-order valence-corrected chi connectivity index (χ3v) is 4.05. The summed E-state index contributed by atoms with van der Waals surface area (Å²) in [7, 11) is -2.31. The predicted molar refractivity (Wildman–Crippen MR) is 72.6 cm³/mol. The van der Waals surface area contributed by atoms with Crippen molar-refractivity contribution in [1.29, 1.82) is 0 Å². The van der Waals surface area contributed by atoms with Crippen LogP contribution in [0, 0.1) is 0 Å². The second-order valence-electron chi connectivity index (χ2n) is 4.09. The minimum Gasteiger partial charge on any atom is -0.481 e. The lowest BCUT2D eigenvalue weighted by atomic mass is 10.3. The Balaban J connectivity index is 2.07. The minimum atomic E-state index is -3.79. The van der Waals surface area contributed by atoms with Crippen molar-refractivity contribution in [3.05, 3.63) is 41.9 Å². The van der Waals surface area contributed by atoms with Crippen LogP contribution >= 0.6 is 0 Å². The number of rotatable bonds is 6. The maximum atomic E-state index is 12.0. The van der Waals surface area contributed by atoms with Crippen LogP contribution in [0.25, 0.3) is 0 Å². The van der Waals surface area contributed by atoms with Gasteiger partial charge in [0.2, 0.25) is 15.9 Å². The van der Waals surface area contributed by atoms with E-state index in [0.29, 0.717) is 11.4 Å². The van der Waals surface area contributed by atoms with Crippen LogP contribution in [0.4, 0.5) is 0 Å². The van der Waals surface area contributed by atoms with Crippen LogP contribution in [0.2, 0.25) is 0 Å². The van der Waals surface area contributed by atoms with Crippen LogP contribution in [0.3, 0.4) is 0 Å². The smallest absolute Gasteiger partial charge is 0.352 e. The molecule has 0 aromatic carbocycles. The van der Waals surface area contributed by atoms with Gasteiger partial charge in [-0.1, -0.05) is 6.07 Å². The van der Waals surface area contributed by atoms with Gasteiger partial charge in [-0.15, -0.1) is 0 Å². The van der Waals surface area contributed by atoms with E-state index in [-0.39, 0.29) is 17.1 Å². The molecule has 8 nitrogen and oxygen atoms in total. The van der Waals surface area contributed by atoms with E-state index >= 15 is 0 Å². The zero-order valence-electron chi connectivity index (χ0n) is 11.0. The summed E-state index contributed by atoms with van der Waals surface area (Å²) in [4.78, 5) is 16.9. The fourth-order valence-corrected chi connectivity index (χ4v) is 2.56. The van der Waals surface area contributed by atoms with Gasteiger partial charge in [0, 0.05) is 25.0 Å². The maximum absolute atomic E-state index is 12.0. The first-order chi connectivity index (χ1) is 9.92. The zero-order chi connectivity index (χ0) is 15.5. The highest BCUT2D eigenvalue weighted by molar-refractivity contribution is 7.89. The summed E-state index contributed by atoms with van der Waals surface area (Å²) in [6, 6.07) is 4.34. The van der Waals surface area contributed by atoms with Crippen LogP contribution in [-0.2, 0) is 16.6 Å².